The molecule has 2 heteroatoms. The van der Waals surface area contributed by atoms with Crippen LogP contribution in [0.1, 0.15) is 0 Å². The molecule has 0 N–H and O–H groups in total. The highest BCUT2D eigenvalue weighted by molar-refractivity contribution is 6.16. The Labute approximate surface area is 163 Å². The summed E-state index contributed by atoms with van der Waals surface area (Å²) >= 11 is 0. The van der Waals surface area contributed by atoms with Gasteiger partial charge in [0.1, 0.15) is 0 Å². The quantitative estimate of drug-likeness (QED) is 0.349. The van der Waals surface area contributed by atoms with Gasteiger partial charge in [-0.25, -0.2) is 0 Å². The minimum Gasteiger partial charge on any atom is -0.256 e. The number of benzene rings is 3. The summed E-state index contributed by atoms with van der Waals surface area (Å²) in [6.07, 6.45) is 3.69. The van der Waals surface area contributed by atoms with Crippen LogP contribution in [0.3, 0.4) is 0 Å². The highest BCUT2D eigenvalue weighted by Crippen LogP contribution is 2.50. The zero-order chi connectivity index (χ0) is 18.5. The maximum absolute atomic E-state index is 4.63. The second-order valence-corrected chi connectivity index (χ2v) is 7.08. The summed E-state index contributed by atoms with van der Waals surface area (Å²) in [5.74, 6) is 0. The van der Waals surface area contributed by atoms with Gasteiger partial charge >= 0.3 is 0 Å². The lowest BCUT2D eigenvalue weighted by Gasteiger charge is -2.13. The smallest absolute Gasteiger partial charge is 0.0708 e. The van der Waals surface area contributed by atoms with Crippen LogP contribution in [0, 0.1) is 0 Å². The molecule has 0 unspecified atom stereocenters. The molecular formula is C26H16N2. The first kappa shape index (κ1) is 15.3. The van der Waals surface area contributed by atoms with Gasteiger partial charge in [-0.2, -0.15) is 0 Å². The normalized spacial score (nSPS) is 11.6. The largest absolute Gasteiger partial charge is 0.256 e. The monoisotopic (exact) mass is 356 g/mol. The van der Waals surface area contributed by atoms with Gasteiger partial charge in [0, 0.05) is 23.5 Å². The second kappa shape index (κ2) is 5.86. The molecule has 1 aliphatic rings. The van der Waals surface area contributed by atoms with Crippen molar-refractivity contribution >= 4 is 10.8 Å². The summed E-state index contributed by atoms with van der Waals surface area (Å²) in [5.41, 5.74) is 9.30. The molecule has 130 valence electrons. The lowest BCUT2D eigenvalue weighted by atomic mass is 9.93. The summed E-state index contributed by atoms with van der Waals surface area (Å²) in [4.78, 5) is 9.26. The van der Waals surface area contributed by atoms with E-state index in [1.807, 2.05) is 36.7 Å². The van der Waals surface area contributed by atoms with Crippen molar-refractivity contribution in [2.24, 2.45) is 0 Å². The van der Waals surface area contributed by atoms with Crippen molar-refractivity contribution in [3.8, 4) is 44.8 Å². The van der Waals surface area contributed by atoms with Crippen molar-refractivity contribution in [2.45, 2.75) is 0 Å². The number of rotatable bonds is 2. The Morgan fingerprint density at radius 2 is 0.964 bits per heavy atom. The minimum absolute atomic E-state index is 0.967. The van der Waals surface area contributed by atoms with Crippen molar-refractivity contribution in [3.63, 3.8) is 0 Å². The molecule has 2 aromatic heterocycles. The number of pyridine rings is 2. The fourth-order valence-corrected chi connectivity index (χ4v) is 4.30. The molecule has 0 atom stereocenters. The first-order valence-electron chi connectivity index (χ1n) is 9.43. The van der Waals surface area contributed by atoms with Crippen molar-refractivity contribution in [2.75, 3.05) is 0 Å². The van der Waals surface area contributed by atoms with Crippen molar-refractivity contribution in [1.29, 1.82) is 0 Å². The zero-order valence-electron chi connectivity index (χ0n) is 15.1. The van der Waals surface area contributed by atoms with E-state index in [2.05, 4.69) is 70.6 Å². The van der Waals surface area contributed by atoms with Gasteiger partial charge in [0.15, 0.2) is 0 Å². The van der Waals surface area contributed by atoms with Crippen LogP contribution < -0.4 is 0 Å². The van der Waals surface area contributed by atoms with Gasteiger partial charge in [-0.15, -0.1) is 0 Å². The average molecular weight is 356 g/mol. The van der Waals surface area contributed by atoms with Crippen LogP contribution in [0.4, 0.5) is 0 Å². The molecule has 0 aliphatic heterocycles. The molecule has 0 saturated carbocycles. The van der Waals surface area contributed by atoms with Crippen LogP contribution in [0.2, 0.25) is 0 Å². The number of fused-ring (bicyclic) bond motifs is 3. The van der Waals surface area contributed by atoms with E-state index in [9.17, 15) is 0 Å². The van der Waals surface area contributed by atoms with Crippen LogP contribution in [0.25, 0.3) is 55.5 Å². The highest BCUT2D eigenvalue weighted by Gasteiger charge is 2.24. The Kier molecular flexibility index (Phi) is 3.20. The number of nitrogens with zero attached hydrogens (tertiary/aromatic N) is 2. The molecular weight excluding hydrogens is 340 g/mol. The predicted octanol–water partition coefficient (Wildman–Crippen LogP) is 6.61. The first-order chi connectivity index (χ1) is 13.9. The SMILES string of the molecule is c1ccc(-c2cc3c(cc2-c2ccccn2)-c2cccc4cccc-3c24)nc1. The lowest BCUT2D eigenvalue weighted by molar-refractivity contribution is 1.30. The van der Waals surface area contributed by atoms with Crippen LogP contribution in [0.15, 0.2) is 97.3 Å². The summed E-state index contributed by atoms with van der Waals surface area (Å²) in [7, 11) is 0. The molecule has 0 spiro atoms. The Morgan fingerprint density at radius 3 is 1.43 bits per heavy atom. The van der Waals surface area contributed by atoms with Crippen LogP contribution >= 0.6 is 0 Å². The fourth-order valence-electron chi connectivity index (χ4n) is 4.30. The van der Waals surface area contributed by atoms with Crippen molar-refractivity contribution in [3.05, 3.63) is 97.3 Å². The molecule has 5 aromatic rings. The molecule has 6 rings (SSSR count). The lowest BCUT2D eigenvalue weighted by Crippen LogP contribution is -1.92. The van der Waals surface area contributed by atoms with Gasteiger partial charge in [-0.05, 0) is 69.4 Å². The molecule has 2 nitrogen and oxygen atoms in total. The Balaban J connectivity index is 1.72. The molecule has 1 aliphatic carbocycles. The maximum Gasteiger partial charge on any atom is 0.0708 e. The summed E-state index contributed by atoms with van der Waals surface area (Å²) in [5, 5.41) is 2.62. The Bertz CT molecular complexity index is 1240. The number of aromatic nitrogens is 2. The molecule has 0 saturated heterocycles. The molecule has 0 bridgehead atoms. The highest BCUT2D eigenvalue weighted by atomic mass is 14.7. The molecule has 0 radical (unpaired) electrons. The van der Waals surface area contributed by atoms with E-state index in [1.165, 1.54) is 33.0 Å². The first-order valence-corrected chi connectivity index (χ1v) is 9.43. The van der Waals surface area contributed by atoms with E-state index < -0.39 is 0 Å². The van der Waals surface area contributed by atoms with Gasteiger partial charge in [0.25, 0.3) is 0 Å². The Hall–Kier alpha value is -3.78. The number of hydrogen-bond acceptors (Lipinski definition) is 2. The average Bonchev–Trinajstić information content (AvgIpc) is 3.09. The predicted molar refractivity (Wildman–Crippen MR) is 115 cm³/mol. The van der Waals surface area contributed by atoms with Gasteiger partial charge in [-0.1, -0.05) is 48.5 Å². The van der Waals surface area contributed by atoms with E-state index in [1.54, 1.807) is 0 Å². The van der Waals surface area contributed by atoms with Gasteiger partial charge in [-0.3, -0.25) is 9.97 Å². The van der Waals surface area contributed by atoms with Gasteiger partial charge in [0.2, 0.25) is 0 Å². The minimum atomic E-state index is 0.967. The van der Waals surface area contributed by atoms with Crippen LogP contribution in [0.5, 0.6) is 0 Å². The third kappa shape index (κ3) is 2.15. The van der Waals surface area contributed by atoms with E-state index in [0.717, 1.165) is 22.5 Å². The summed E-state index contributed by atoms with van der Waals surface area (Å²) < 4.78 is 0. The van der Waals surface area contributed by atoms with Gasteiger partial charge in [0.05, 0.1) is 11.4 Å². The van der Waals surface area contributed by atoms with E-state index in [0.29, 0.717) is 0 Å². The van der Waals surface area contributed by atoms with Crippen molar-refractivity contribution < 1.29 is 0 Å². The van der Waals surface area contributed by atoms with Gasteiger partial charge < -0.3 is 0 Å². The summed E-state index contributed by atoms with van der Waals surface area (Å²) in [6.45, 7) is 0. The molecule has 0 amide bonds. The third-order valence-electron chi connectivity index (χ3n) is 5.52. The Morgan fingerprint density at radius 1 is 0.429 bits per heavy atom. The van der Waals surface area contributed by atoms with Crippen LogP contribution in [-0.4, -0.2) is 9.97 Å². The van der Waals surface area contributed by atoms with Crippen molar-refractivity contribution in [1.82, 2.24) is 9.97 Å². The standard InChI is InChI=1S/C26H16N2/c1-3-13-27-24(11-1)22-15-20-18-9-5-7-17-8-6-10-19(26(17)18)21(20)16-23(22)25-12-2-4-14-28-25/h1-16H. The van der Waals surface area contributed by atoms with Crippen LogP contribution in [-0.2, 0) is 0 Å². The topological polar surface area (TPSA) is 25.8 Å². The molecule has 3 aromatic carbocycles. The molecule has 0 fully saturated rings. The maximum atomic E-state index is 4.63. The van der Waals surface area contributed by atoms with E-state index in [4.69, 9.17) is 0 Å². The number of hydrogen-bond donors (Lipinski definition) is 0. The molecule has 28 heavy (non-hydrogen) atoms. The fraction of sp³-hybridized carbons (Fsp3) is 0. The third-order valence-corrected chi connectivity index (χ3v) is 5.52. The second-order valence-electron chi connectivity index (χ2n) is 7.08. The van der Waals surface area contributed by atoms with E-state index >= 15 is 0 Å². The van der Waals surface area contributed by atoms with E-state index in [-0.39, 0.29) is 0 Å². The summed E-state index contributed by atoms with van der Waals surface area (Å²) in [6, 6.07) is 29.8. The molecule has 2 heterocycles. The zero-order valence-corrected chi connectivity index (χ0v) is 15.1.